The van der Waals surface area contributed by atoms with Crippen molar-refractivity contribution in [3.63, 3.8) is 0 Å². The number of aromatic nitrogens is 1. The van der Waals surface area contributed by atoms with Crippen LogP contribution < -0.4 is 0 Å². The highest BCUT2D eigenvalue weighted by Gasteiger charge is 2.10. The van der Waals surface area contributed by atoms with Gasteiger partial charge in [-0.15, -0.1) is 0 Å². The third-order valence-corrected chi connectivity index (χ3v) is 5.63. The summed E-state index contributed by atoms with van der Waals surface area (Å²) < 4.78 is 15.7. The zero-order valence-electron chi connectivity index (χ0n) is 17.7. The fraction of sp³-hybridized carbons (Fsp3) is 0.0690. The second kappa shape index (κ2) is 9.03. The maximum absolute atomic E-state index is 13.4. The number of aliphatic imine (C=N–C) groups is 1. The van der Waals surface area contributed by atoms with Crippen molar-refractivity contribution in [2.24, 2.45) is 4.99 Å². The minimum absolute atomic E-state index is 0.224. The Morgan fingerprint density at radius 1 is 0.719 bits per heavy atom. The Morgan fingerprint density at radius 3 is 2.09 bits per heavy atom. The summed E-state index contributed by atoms with van der Waals surface area (Å²) in [6.45, 7) is 1.43. The van der Waals surface area contributed by atoms with E-state index in [9.17, 15) is 4.39 Å². The number of benzene rings is 4. The Bertz CT molecular complexity index is 1350. The summed E-state index contributed by atoms with van der Waals surface area (Å²) in [7, 11) is 0. The lowest BCUT2D eigenvalue weighted by Gasteiger charge is -2.07. The highest BCUT2D eigenvalue weighted by molar-refractivity contribution is 6.01. The molecule has 0 atom stereocenters. The van der Waals surface area contributed by atoms with Crippen molar-refractivity contribution < 1.29 is 4.39 Å². The standard InChI is InChI=1S/C29H23FN2/c30-27-14-11-24(12-15-27)25-13-16-29-28(17-25)26(19-31-18-22-7-3-1-4-8-22)21-32(29)20-23-9-5-2-6-10-23/h1-17,19,21H,18,20H2. The van der Waals surface area contributed by atoms with Gasteiger partial charge in [-0.1, -0.05) is 78.9 Å². The second-order valence-electron chi connectivity index (χ2n) is 7.89. The van der Waals surface area contributed by atoms with Crippen molar-refractivity contribution in [2.45, 2.75) is 13.1 Å². The fourth-order valence-electron chi connectivity index (χ4n) is 3.99. The van der Waals surface area contributed by atoms with Gasteiger partial charge in [-0.25, -0.2) is 4.39 Å². The Kier molecular flexibility index (Phi) is 5.63. The van der Waals surface area contributed by atoms with Crippen molar-refractivity contribution in [2.75, 3.05) is 0 Å². The molecule has 5 aromatic rings. The first-order valence-electron chi connectivity index (χ1n) is 10.7. The number of hydrogen-bond acceptors (Lipinski definition) is 1. The first kappa shape index (κ1) is 20.0. The third kappa shape index (κ3) is 4.37. The molecule has 0 aliphatic carbocycles. The predicted octanol–water partition coefficient (Wildman–Crippen LogP) is 7.11. The molecule has 0 aliphatic rings. The summed E-state index contributed by atoms with van der Waals surface area (Å²) in [5.74, 6) is -0.224. The Hall–Kier alpha value is -3.98. The molecule has 1 aromatic heterocycles. The van der Waals surface area contributed by atoms with Crippen molar-refractivity contribution in [1.29, 1.82) is 0 Å². The molecule has 0 spiro atoms. The van der Waals surface area contributed by atoms with E-state index in [1.54, 1.807) is 0 Å². The maximum Gasteiger partial charge on any atom is 0.123 e. The number of rotatable bonds is 6. The van der Waals surface area contributed by atoms with Crippen molar-refractivity contribution in [3.05, 3.63) is 132 Å². The Morgan fingerprint density at radius 2 is 1.38 bits per heavy atom. The molecule has 5 rings (SSSR count). The minimum atomic E-state index is -0.224. The monoisotopic (exact) mass is 418 g/mol. The van der Waals surface area contributed by atoms with Crippen molar-refractivity contribution in [3.8, 4) is 11.1 Å². The smallest absolute Gasteiger partial charge is 0.123 e. The van der Waals surface area contributed by atoms with Gasteiger partial charge in [0, 0.05) is 35.4 Å². The zero-order valence-corrected chi connectivity index (χ0v) is 17.7. The SMILES string of the molecule is Fc1ccc(-c2ccc3c(c2)c(C=NCc2ccccc2)cn3Cc2ccccc2)cc1. The van der Waals surface area contributed by atoms with Crippen LogP contribution in [0, 0.1) is 5.82 Å². The highest BCUT2D eigenvalue weighted by Crippen LogP contribution is 2.28. The normalized spacial score (nSPS) is 11.4. The Labute approximate surface area is 187 Å². The number of halogens is 1. The molecule has 0 bridgehead atoms. The van der Waals surface area contributed by atoms with Crippen LogP contribution in [-0.2, 0) is 13.1 Å². The van der Waals surface area contributed by atoms with Gasteiger partial charge >= 0.3 is 0 Å². The summed E-state index contributed by atoms with van der Waals surface area (Å²) in [4.78, 5) is 4.71. The lowest BCUT2D eigenvalue weighted by molar-refractivity contribution is 0.628. The molecular weight excluding hydrogens is 395 g/mol. The molecule has 0 aliphatic heterocycles. The van der Waals surface area contributed by atoms with E-state index in [1.165, 1.54) is 23.3 Å². The first-order valence-corrected chi connectivity index (χ1v) is 10.7. The van der Waals surface area contributed by atoms with Gasteiger partial charge in [0.25, 0.3) is 0 Å². The summed E-state index contributed by atoms with van der Waals surface area (Å²) >= 11 is 0. The van der Waals surface area contributed by atoms with Crippen LogP contribution in [0.1, 0.15) is 16.7 Å². The molecule has 2 nitrogen and oxygen atoms in total. The van der Waals surface area contributed by atoms with E-state index in [2.05, 4.69) is 65.4 Å². The average molecular weight is 419 g/mol. The summed E-state index contributed by atoms with van der Waals surface area (Å²) in [6.07, 6.45) is 4.13. The lowest BCUT2D eigenvalue weighted by Crippen LogP contribution is -1.97. The fourth-order valence-corrected chi connectivity index (χ4v) is 3.99. The molecular formula is C29H23FN2. The topological polar surface area (TPSA) is 17.3 Å². The summed E-state index contributed by atoms with van der Waals surface area (Å²) in [5, 5.41) is 1.14. The van der Waals surface area contributed by atoms with Gasteiger partial charge in [-0.2, -0.15) is 0 Å². The first-order chi connectivity index (χ1) is 15.8. The van der Waals surface area contributed by atoms with Gasteiger partial charge in [-0.3, -0.25) is 4.99 Å². The van der Waals surface area contributed by atoms with Crippen LogP contribution in [-0.4, -0.2) is 10.8 Å². The number of fused-ring (bicyclic) bond motifs is 1. The zero-order chi connectivity index (χ0) is 21.8. The number of nitrogens with zero attached hydrogens (tertiary/aromatic N) is 2. The lowest BCUT2D eigenvalue weighted by atomic mass is 10.0. The van der Waals surface area contributed by atoms with Gasteiger partial charge in [-0.05, 0) is 46.5 Å². The third-order valence-electron chi connectivity index (χ3n) is 5.63. The molecule has 32 heavy (non-hydrogen) atoms. The van der Waals surface area contributed by atoms with Crippen LogP contribution >= 0.6 is 0 Å². The van der Waals surface area contributed by atoms with Crippen LogP contribution in [0.4, 0.5) is 4.39 Å². The van der Waals surface area contributed by atoms with Crippen LogP contribution in [0.25, 0.3) is 22.0 Å². The van der Waals surface area contributed by atoms with Crippen LogP contribution in [0.15, 0.2) is 114 Å². The van der Waals surface area contributed by atoms with Crippen LogP contribution in [0.2, 0.25) is 0 Å². The summed E-state index contributed by atoms with van der Waals surface area (Å²) in [6, 6.07) is 33.8. The van der Waals surface area contributed by atoms with Gasteiger partial charge < -0.3 is 4.57 Å². The molecule has 4 aromatic carbocycles. The molecule has 0 amide bonds. The van der Waals surface area contributed by atoms with E-state index in [-0.39, 0.29) is 5.82 Å². The van der Waals surface area contributed by atoms with Crippen LogP contribution in [0.3, 0.4) is 0 Å². The minimum Gasteiger partial charge on any atom is -0.342 e. The highest BCUT2D eigenvalue weighted by atomic mass is 19.1. The van der Waals surface area contributed by atoms with Gasteiger partial charge in [0.05, 0.1) is 6.54 Å². The quantitative estimate of drug-likeness (QED) is 0.261. The largest absolute Gasteiger partial charge is 0.342 e. The second-order valence-corrected chi connectivity index (χ2v) is 7.89. The van der Waals surface area contributed by atoms with Gasteiger partial charge in [0.2, 0.25) is 0 Å². The Balaban J connectivity index is 1.54. The van der Waals surface area contributed by atoms with E-state index < -0.39 is 0 Å². The van der Waals surface area contributed by atoms with Crippen molar-refractivity contribution in [1.82, 2.24) is 4.57 Å². The van der Waals surface area contributed by atoms with E-state index >= 15 is 0 Å². The van der Waals surface area contributed by atoms with Crippen LogP contribution in [0.5, 0.6) is 0 Å². The maximum atomic E-state index is 13.4. The molecule has 1 heterocycles. The van der Waals surface area contributed by atoms with E-state index in [4.69, 9.17) is 4.99 Å². The van der Waals surface area contributed by atoms with Crippen molar-refractivity contribution >= 4 is 17.1 Å². The molecule has 0 saturated heterocycles. The van der Waals surface area contributed by atoms with E-state index in [0.717, 1.165) is 34.1 Å². The molecule has 0 fully saturated rings. The van der Waals surface area contributed by atoms with Gasteiger partial charge in [0.1, 0.15) is 5.82 Å². The van der Waals surface area contributed by atoms with Gasteiger partial charge in [0.15, 0.2) is 0 Å². The molecule has 156 valence electrons. The molecule has 0 radical (unpaired) electrons. The molecule has 0 N–H and O–H groups in total. The summed E-state index contributed by atoms with van der Waals surface area (Å²) in [5.41, 5.74) is 6.73. The van der Waals surface area contributed by atoms with E-state index in [1.807, 2.05) is 42.6 Å². The average Bonchev–Trinajstić information content (AvgIpc) is 3.17. The van der Waals surface area contributed by atoms with E-state index in [0.29, 0.717) is 6.54 Å². The molecule has 3 heteroatoms. The number of hydrogen-bond donors (Lipinski definition) is 0. The molecule has 0 saturated carbocycles. The molecule has 0 unspecified atom stereocenters. The predicted molar refractivity (Wildman–Crippen MR) is 131 cm³/mol.